The van der Waals surface area contributed by atoms with Gasteiger partial charge in [0, 0.05) is 24.4 Å². The lowest BCUT2D eigenvalue weighted by Crippen LogP contribution is -2.05. The summed E-state index contributed by atoms with van der Waals surface area (Å²) in [5.74, 6) is 0.437. The van der Waals surface area contributed by atoms with Crippen LogP contribution < -0.4 is 0 Å². The van der Waals surface area contributed by atoms with Crippen LogP contribution in [-0.4, -0.2) is 29.9 Å². The van der Waals surface area contributed by atoms with E-state index in [2.05, 4.69) is 10.1 Å². The third-order valence-corrected chi connectivity index (χ3v) is 3.02. The number of ether oxygens (including phenoxy) is 1. The maximum atomic E-state index is 11.2. The minimum Gasteiger partial charge on any atom is -0.466 e. The first kappa shape index (κ1) is 16.7. The van der Waals surface area contributed by atoms with E-state index in [9.17, 15) is 4.79 Å². The highest BCUT2D eigenvalue weighted by Gasteiger charge is 2.11. The number of oxime groups is 1. The van der Waals surface area contributed by atoms with Crippen molar-refractivity contribution in [1.29, 1.82) is 0 Å². The maximum absolute atomic E-state index is 11.2. The normalized spacial score (nSPS) is 11.3. The average Bonchev–Trinajstić information content (AvgIpc) is 3.09. The van der Waals surface area contributed by atoms with Gasteiger partial charge in [-0.2, -0.15) is 0 Å². The van der Waals surface area contributed by atoms with Crippen LogP contribution in [0.5, 0.6) is 0 Å². The van der Waals surface area contributed by atoms with Crippen molar-refractivity contribution in [3.8, 4) is 0 Å². The van der Waals surface area contributed by atoms with Crippen LogP contribution in [0, 0.1) is 0 Å². The Bertz CT molecular complexity index is 609. The number of rotatable bonds is 9. The number of unbranched alkanes of at least 4 members (excludes halogenated alkanes) is 1. The minimum atomic E-state index is -0.178. The second-order valence-electron chi connectivity index (χ2n) is 4.75. The molecular weight excluding hydrogens is 296 g/mol. The van der Waals surface area contributed by atoms with Crippen molar-refractivity contribution in [1.82, 2.24) is 4.98 Å². The molecule has 2 aromatic rings. The van der Waals surface area contributed by atoms with Crippen molar-refractivity contribution >= 4 is 11.7 Å². The Morgan fingerprint density at radius 1 is 1.30 bits per heavy atom. The fourth-order valence-electron chi connectivity index (χ4n) is 1.94. The first-order valence-corrected chi connectivity index (χ1v) is 7.61. The summed E-state index contributed by atoms with van der Waals surface area (Å²) in [6.07, 6.45) is 6.80. The molecule has 2 heterocycles. The van der Waals surface area contributed by atoms with Gasteiger partial charge in [0.2, 0.25) is 0 Å². The summed E-state index contributed by atoms with van der Waals surface area (Å²) >= 11 is 0. The SMILES string of the molecule is CCOC(=O)CCCCO/N=C(/c1cccnc1)c1ccco1. The molecule has 2 rings (SSSR count). The van der Waals surface area contributed by atoms with Crippen molar-refractivity contribution in [2.45, 2.75) is 26.2 Å². The predicted octanol–water partition coefficient (Wildman–Crippen LogP) is 3.18. The number of pyridine rings is 1. The molecule has 2 aromatic heterocycles. The molecule has 0 saturated heterocycles. The summed E-state index contributed by atoms with van der Waals surface area (Å²) in [6.45, 7) is 2.63. The predicted molar refractivity (Wildman–Crippen MR) is 85.0 cm³/mol. The van der Waals surface area contributed by atoms with E-state index in [1.165, 1.54) is 0 Å². The van der Waals surface area contributed by atoms with Crippen LogP contribution in [0.2, 0.25) is 0 Å². The molecule has 0 radical (unpaired) electrons. The van der Waals surface area contributed by atoms with Gasteiger partial charge in [-0.05, 0) is 44.0 Å². The van der Waals surface area contributed by atoms with Gasteiger partial charge in [-0.15, -0.1) is 0 Å². The van der Waals surface area contributed by atoms with Gasteiger partial charge in [0.15, 0.2) is 11.5 Å². The molecule has 0 aliphatic rings. The zero-order chi connectivity index (χ0) is 16.3. The summed E-state index contributed by atoms with van der Waals surface area (Å²) in [4.78, 5) is 20.7. The van der Waals surface area contributed by atoms with Crippen LogP contribution in [0.1, 0.15) is 37.5 Å². The Kier molecular flexibility index (Phi) is 6.84. The van der Waals surface area contributed by atoms with Crippen molar-refractivity contribution in [3.05, 3.63) is 54.2 Å². The molecule has 0 atom stereocenters. The second-order valence-corrected chi connectivity index (χ2v) is 4.75. The number of furan rings is 1. The van der Waals surface area contributed by atoms with Crippen molar-refractivity contribution in [2.24, 2.45) is 5.16 Å². The molecule has 0 amide bonds. The third kappa shape index (κ3) is 5.58. The van der Waals surface area contributed by atoms with Crippen molar-refractivity contribution in [3.63, 3.8) is 0 Å². The number of aromatic nitrogens is 1. The van der Waals surface area contributed by atoms with E-state index in [0.29, 0.717) is 37.5 Å². The number of hydrogen-bond acceptors (Lipinski definition) is 6. The van der Waals surface area contributed by atoms with Crippen molar-refractivity contribution in [2.75, 3.05) is 13.2 Å². The Morgan fingerprint density at radius 3 is 2.91 bits per heavy atom. The minimum absolute atomic E-state index is 0.178. The molecule has 0 bridgehead atoms. The number of hydrogen-bond donors (Lipinski definition) is 0. The van der Waals surface area contributed by atoms with Crippen LogP contribution in [0.15, 0.2) is 52.5 Å². The lowest BCUT2D eigenvalue weighted by molar-refractivity contribution is -0.143. The first-order valence-electron chi connectivity index (χ1n) is 7.61. The molecule has 23 heavy (non-hydrogen) atoms. The summed E-state index contributed by atoms with van der Waals surface area (Å²) in [5.41, 5.74) is 1.41. The van der Waals surface area contributed by atoms with Crippen molar-refractivity contribution < 1.29 is 18.8 Å². The van der Waals surface area contributed by atoms with Gasteiger partial charge >= 0.3 is 5.97 Å². The van der Waals surface area contributed by atoms with E-state index >= 15 is 0 Å². The van der Waals surface area contributed by atoms with E-state index < -0.39 is 0 Å². The van der Waals surface area contributed by atoms with Crippen LogP contribution in [0.3, 0.4) is 0 Å². The molecule has 6 heteroatoms. The quantitative estimate of drug-likeness (QED) is 0.307. The standard InChI is InChI=1S/C17H20N2O4/c1-2-21-16(20)9-3-4-12-23-19-17(15-8-6-11-22-15)14-7-5-10-18-13-14/h5-8,10-11,13H,2-4,9,12H2,1H3/b19-17-. The summed E-state index contributed by atoms with van der Waals surface area (Å²) in [5, 5.41) is 4.16. The fourth-order valence-corrected chi connectivity index (χ4v) is 1.94. The third-order valence-electron chi connectivity index (χ3n) is 3.02. The van der Waals surface area contributed by atoms with Gasteiger partial charge in [-0.1, -0.05) is 5.16 Å². The van der Waals surface area contributed by atoms with E-state index in [-0.39, 0.29) is 5.97 Å². The topological polar surface area (TPSA) is 73.9 Å². The number of nitrogens with zero attached hydrogens (tertiary/aromatic N) is 2. The molecule has 0 N–H and O–H groups in total. The van der Waals surface area contributed by atoms with Gasteiger partial charge in [0.1, 0.15) is 6.61 Å². The van der Waals surface area contributed by atoms with Gasteiger partial charge in [0.25, 0.3) is 0 Å². The molecule has 0 unspecified atom stereocenters. The smallest absolute Gasteiger partial charge is 0.305 e. The molecule has 0 fully saturated rings. The molecule has 0 spiro atoms. The molecule has 122 valence electrons. The van der Waals surface area contributed by atoms with E-state index in [0.717, 1.165) is 12.0 Å². The Labute approximate surface area is 135 Å². The fraction of sp³-hybridized carbons (Fsp3) is 0.353. The molecule has 0 aliphatic heterocycles. The number of carbonyl (C=O) groups excluding carboxylic acids is 1. The lowest BCUT2D eigenvalue weighted by atomic mass is 10.1. The van der Waals surface area contributed by atoms with E-state index in [1.807, 2.05) is 18.2 Å². The highest BCUT2D eigenvalue weighted by Crippen LogP contribution is 2.11. The van der Waals surface area contributed by atoms with Crippen LogP contribution in [-0.2, 0) is 14.4 Å². The van der Waals surface area contributed by atoms with Crippen LogP contribution in [0.4, 0.5) is 0 Å². The zero-order valence-electron chi connectivity index (χ0n) is 13.1. The van der Waals surface area contributed by atoms with Crippen LogP contribution in [0.25, 0.3) is 0 Å². The zero-order valence-corrected chi connectivity index (χ0v) is 13.1. The largest absolute Gasteiger partial charge is 0.466 e. The van der Waals surface area contributed by atoms with Gasteiger partial charge in [0.05, 0.1) is 12.9 Å². The van der Waals surface area contributed by atoms with E-state index in [1.54, 1.807) is 31.6 Å². The second kappa shape index (κ2) is 9.40. The molecule has 0 saturated carbocycles. The highest BCUT2D eigenvalue weighted by molar-refractivity contribution is 6.10. The van der Waals surface area contributed by atoms with Crippen LogP contribution >= 0.6 is 0 Å². The van der Waals surface area contributed by atoms with Gasteiger partial charge < -0.3 is 14.0 Å². The first-order chi connectivity index (χ1) is 11.3. The summed E-state index contributed by atoms with van der Waals surface area (Å²) < 4.78 is 10.3. The maximum Gasteiger partial charge on any atom is 0.305 e. The molecule has 0 aliphatic carbocycles. The molecular formula is C17H20N2O4. The number of esters is 1. The summed E-state index contributed by atoms with van der Waals surface area (Å²) in [7, 11) is 0. The lowest BCUT2D eigenvalue weighted by Gasteiger charge is -2.05. The van der Waals surface area contributed by atoms with Gasteiger partial charge in [-0.3, -0.25) is 9.78 Å². The molecule has 6 nitrogen and oxygen atoms in total. The Balaban J connectivity index is 1.86. The average molecular weight is 316 g/mol. The van der Waals surface area contributed by atoms with Gasteiger partial charge in [-0.25, -0.2) is 0 Å². The molecule has 0 aromatic carbocycles. The Morgan fingerprint density at radius 2 is 2.22 bits per heavy atom. The highest BCUT2D eigenvalue weighted by atomic mass is 16.6. The number of carbonyl (C=O) groups is 1. The Hall–Kier alpha value is -2.63. The monoisotopic (exact) mass is 316 g/mol. The van der Waals surface area contributed by atoms with E-state index in [4.69, 9.17) is 14.0 Å². The summed E-state index contributed by atoms with van der Waals surface area (Å²) in [6, 6.07) is 7.32.